The van der Waals surface area contributed by atoms with Gasteiger partial charge in [-0.05, 0) is 47.5 Å². The summed E-state index contributed by atoms with van der Waals surface area (Å²) in [5.74, 6) is 2.28. The van der Waals surface area contributed by atoms with Crippen molar-refractivity contribution in [2.45, 2.75) is 32.0 Å². The number of likely N-dealkylation sites (tertiary alicyclic amines) is 1. The number of hydrogen-bond acceptors (Lipinski definition) is 7. The first-order valence-electron chi connectivity index (χ1n) is 13.5. The lowest BCUT2D eigenvalue weighted by Crippen LogP contribution is -2.45. The molecule has 3 aliphatic rings. The Hall–Kier alpha value is -3.62. The van der Waals surface area contributed by atoms with Crippen molar-refractivity contribution in [1.82, 2.24) is 19.7 Å². The van der Waals surface area contributed by atoms with E-state index >= 15 is 0 Å². The van der Waals surface area contributed by atoms with Crippen LogP contribution < -0.4 is 14.2 Å². The number of carbonyl (C=O) groups excluding carboxylic acids is 1. The Morgan fingerprint density at radius 1 is 0.842 bits per heavy atom. The lowest BCUT2D eigenvalue weighted by atomic mass is 10.1. The third-order valence-electron chi connectivity index (χ3n) is 7.55. The summed E-state index contributed by atoms with van der Waals surface area (Å²) in [4.78, 5) is 24.1. The van der Waals surface area contributed by atoms with Gasteiger partial charge in [0, 0.05) is 83.2 Å². The Kier molecular flexibility index (Phi) is 7.42. The van der Waals surface area contributed by atoms with Crippen molar-refractivity contribution in [2.75, 3.05) is 46.1 Å². The minimum atomic E-state index is 0.0317. The molecule has 1 aromatic heterocycles. The van der Waals surface area contributed by atoms with E-state index in [1.165, 1.54) is 11.1 Å². The lowest BCUT2D eigenvalue weighted by Gasteiger charge is -2.35. The van der Waals surface area contributed by atoms with Crippen molar-refractivity contribution >= 4 is 5.91 Å². The van der Waals surface area contributed by atoms with Crippen molar-refractivity contribution in [3.8, 4) is 17.2 Å². The van der Waals surface area contributed by atoms with Crippen molar-refractivity contribution in [2.24, 2.45) is 0 Å². The van der Waals surface area contributed by atoms with E-state index < -0.39 is 0 Å². The predicted octanol–water partition coefficient (Wildman–Crippen LogP) is 3.81. The monoisotopic (exact) mass is 514 g/mol. The van der Waals surface area contributed by atoms with Crippen LogP contribution in [0.25, 0.3) is 0 Å². The molecule has 198 valence electrons. The molecule has 0 saturated carbocycles. The molecule has 2 fully saturated rings. The first-order chi connectivity index (χ1) is 18.7. The number of piperidine rings is 1. The van der Waals surface area contributed by atoms with E-state index in [-0.39, 0.29) is 18.8 Å². The van der Waals surface area contributed by atoms with Crippen LogP contribution in [-0.2, 0) is 13.1 Å². The molecular formula is C30H34N4O4. The molecule has 0 bridgehead atoms. The maximum Gasteiger partial charge on any atom is 0.253 e. The molecule has 0 N–H and O–H groups in total. The highest BCUT2D eigenvalue weighted by Crippen LogP contribution is 2.33. The maximum atomic E-state index is 13.0. The van der Waals surface area contributed by atoms with Gasteiger partial charge in [-0.1, -0.05) is 18.2 Å². The van der Waals surface area contributed by atoms with Crippen molar-refractivity contribution < 1.29 is 19.0 Å². The third-order valence-corrected chi connectivity index (χ3v) is 7.55. The van der Waals surface area contributed by atoms with Gasteiger partial charge in [0.2, 0.25) is 6.79 Å². The van der Waals surface area contributed by atoms with E-state index in [9.17, 15) is 4.79 Å². The molecule has 0 radical (unpaired) electrons. The highest BCUT2D eigenvalue weighted by atomic mass is 16.7. The summed E-state index contributed by atoms with van der Waals surface area (Å²) < 4.78 is 17.1. The molecular weight excluding hydrogens is 480 g/mol. The molecule has 38 heavy (non-hydrogen) atoms. The number of nitrogens with zero attached hydrogens (tertiary/aromatic N) is 4. The van der Waals surface area contributed by atoms with Gasteiger partial charge in [0.1, 0.15) is 11.9 Å². The van der Waals surface area contributed by atoms with Crippen LogP contribution in [0.2, 0.25) is 0 Å². The Labute approximate surface area is 223 Å². The number of ether oxygens (including phenoxy) is 3. The predicted molar refractivity (Wildman–Crippen MR) is 143 cm³/mol. The zero-order chi connectivity index (χ0) is 25.7. The number of benzene rings is 2. The van der Waals surface area contributed by atoms with Gasteiger partial charge in [0.15, 0.2) is 11.5 Å². The fourth-order valence-corrected chi connectivity index (χ4v) is 5.41. The summed E-state index contributed by atoms with van der Waals surface area (Å²) in [5.41, 5.74) is 3.19. The summed E-state index contributed by atoms with van der Waals surface area (Å²) in [6, 6.07) is 18.0. The Morgan fingerprint density at radius 2 is 1.58 bits per heavy atom. The molecule has 0 aliphatic carbocycles. The fraction of sp³-hybridized carbons (Fsp3) is 0.400. The summed E-state index contributed by atoms with van der Waals surface area (Å²) >= 11 is 0. The topological polar surface area (TPSA) is 67.4 Å². The molecule has 0 atom stereocenters. The van der Waals surface area contributed by atoms with E-state index in [1.807, 2.05) is 35.5 Å². The van der Waals surface area contributed by atoms with Crippen LogP contribution in [0, 0.1) is 0 Å². The highest BCUT2D eigenvalue weighted by molar-refractivity contribution is 5.95. The van der Waals surface area contributed by atoms with Gasteiger partial charge in [-0.25, -0.2) is 0 Å². The number of carbonyl (C=O) groups is 1. The van der Waals surface area contributed by atoms with Crippen LogP contribution in [0.1, 0.15) is 34.3 Å². The molecule has 8 heteroatoms. The maximum absolute atomic E-state index is 13.0. The lowest BCUT2D eigenvalue weighted by molar-refractivity contribution is 0.0595. The van der Waals surface area contributed by atoms with Crippen LogP contribution in [0.3, 0.4) is 0 Å². The molecule has 1 amide bonds. The number of fused-ring (bicyclic) bond motifs is 1. The van der Waals surface area contributed by atoms with E-state index in [4.69, 9.17) is 14.2 Å². The highest BCUT2D eigenvalue weighted by Gasteiger charge is 2.26. The number of aromatic nitrogens is 1. The minimum Gasteiger partial charge on any atom is -0.490 e. The smallest absolute Gasteiger partial charge is 0.253 e. The largest absolute Gasteiger partial charge is 0.490 e. The third kappa shape index (κ3) is 5.92. The number of rotatable bonds is 7. The van der Waals surface area contributed by atoms with Crippen LogP contribution in [0.4, 0.5) is 0 Å². The van der Waals surface area contributed by atoms with E-state index in [0.717, 1.165) is 57.9 Å². The quantitative estimate of drug-likeness (QED) is 0.475. The van der Waals surface area contributed by atoms with E-state index in [0.29, 0.717) is 30.2 Å². The van der Waals surface area contributed by atoms with E-state index in [2.05, 4.69) is 39.0 Å². The van der Waals surface area contributed by atoms with Gasteiger partial charge in [0.05, 0.1) is 0 Å². The molecule has 2 saturated heterocycles. The summed E-state index contributed by atoms with van der Waals surface area (Å²) in [7, 11) is 0. The zero-order valence-corrected chi connectivity index (χ0v) is 21.6. The van der Waals surface area contributed by atoms with Crippen molar-refractivity contribution in [1.29, 1.82) is 0 Å². The average Bonchev–Trinajstić information content (AvgIpc) is 3.43. The second-order valence-corrected chi connectivity index (χ2v) is 10.2. The average molecular weight is 515 g/mol. The SMILES string of the molecule is O=C(c1ccc2c(c1)OCO2)N1CCC(Oc2cccc(CN3CCN(Cc4cccnc4)CC3)c2)CC1. The summed E-state index contributed by atoms with van der Waals surface area (Å²) in [6.07, 6.45) is 5.53. The molecule has 6 rings (SSSR count). The number of hydrogen-bond donors (Lipinski definition) is 0. The van der Waals surface area contributed by atoms with Gasteiger partial charge in [-0.15, -0.1) is 0 Å². The molecule has 0 unspecified atom stereocenters. The van der Waals surface area contributed by atoms with Crippen LogP contribution in [0.5, 0.6) is 17.2 Å². The van der Waals surface area contributed by atoms with Crippen molar-refractivity contribution in [3.05, 3.63) is 83.7 Å². The van der Waals surface area contributed by atoms with Gasteiger partial charge in [-0.2, -0.15) is 0 Å². The fourth-order valence-electron chi connectivity index (χ4n) is 5.41. The van der Waals surface area contributed by atoms with Gasteiger partial charge in [-0.3, -0.25) is 19.6 Å². The standard InChI is InChI=1S/C30H34N4O4/c35-30(25-6-7-28-29(18-25)37-22-36-28)34-11-8-26(9-12-34)38-27-5-1-3-23(17-27)20-32-13-15-33(16-14-32)21-24-4-2-10-31-19-24/h1-7,10,17-19,26H,8-9,11-16,20-22H2. The molecule has 3 aliphatic heterocycles. The second-order valence-electron chi connectivity index (χ2n) is 10.2. The van der Waals surface area contributed by atoms with E-state index in [1.54, 1.807) is 12.1 Å². The first kappa shape index (κ1) is 24.7. The molecule has 3 aromatic rings. The number of amides is 1. The second kappa shape index (κ2) is 11.4. The normalized spacial score (nSPS) is 18.5. The Bertz CT molecular complexity index is 1240. The van der Waals surface area contributed by atoms with Gasteiger partial charge < -0.3 is 19.1 Å². The number of piperazine rings is 1. The van der Waals surface area contributed by atoms with Crippen LogP contribution >= 0.6 is 0 Å². The Morgan fingerprint density at radius 3 is 2.34 bits per heavy atom. The van der Waals surface area contributed by atoms with Crippen molar-refractivity contribution in [3.63, 3.8) is 0 Å². The molecule has 8 nitrogen and oxygen atoms in total. The Balaban J connectivity index is 0.963. The van der Waals surface area contributed by atoms with Gasteiger partial charge in [0.25, 0.3) is 5.91 Å². The summed E-state index contributed by atoms with van der Waals surface area (Å²) in [6.45, 7) is 7.71. The molecule has 4 heterocycles. The summed E-state index contributed by atoms with van der Waals surface area (Å²) in [5, 5.41) is 0. The minimum absolute atomic E-state index is 0.0317. The molecule has 2 aromatic carbocycles. The van der Waals surface area contributed by atoms with Crippen LogP contribution in [-0.4, -0.2) is 77.8 Å². The van der Waals surface area contributed by atoms with Gasteiger partial charge >= 0.3 is 0 Å². The zero-order valence-electron chi connectivity index (χ0n) is 21.6. The first-order valence-corrected chi connectivity index (χ1v) is 13.5. The molecule has 0 spiro atoms. The van der Waals surface area contributed by atoms with Crippen LogP contribution in [0.15, 0.2) is 67.0 Å². The number of pyridine rings is 1.